The lowest BCUT2D eigenvalue weighted by atomic mass is 10.1. The Kier molecular flexibility index (Phi) is 4.83. The molecule has 3 rings (SSSR count). The smallest absolute Gasteiger partial charge is 0.259 e. The van der Waals surface area contributed by atoms with Gasteiger partial charge in [0.25, 0.3) is 5.91 Å². The summed E-state index contributed by atoms with van der Waals surface area (Å²) < 4.78 is 6.02. The Labute approximate surface area is 141 Å². The van der Waals surface area contributed by atoms with Crippen molar-refractivity contribution in [1.29, 1.82) is 0 Å². The maximum Gasteiger partial charge on any atom is 0.259 e. The van der Waals surface area contributed by atoms with Gasteiger partial charge in [-0.15, -0.1) is 11.3 Å². The fourth-order valence-electron chi connectivity index (χ4n) is 2.81. The number of nitrogen functional groups attached to an aromatic ring is 1. The summed E-state index contributed by atoms with van der Waals surface area (Å²) in [7, 11) is 0. The third kappa shape index (κ3) is 3.35. The average Bonchev–Trinajstić information content (AvgIpc) is 2.98. The molecule has 118 valence electrons. The SMILES string of the molecule is Nc1onc(-c2ccc(Br)s2)c1C(=O)NC1CCCCCC1. The Morgan fingerprint density at radius 3 is 2.68 bits per heavy atom. The number of anilines is 1. The van der Waals surface area contributed by atoms with Crippen molar-refractivity contribution in [3.8, 4) is 10.6 Å². The molecule has 2 heterocycles. The summed E-state index contributed by atoms with van der Waals surface area (Å²) in [5, 5.41) is 7.05. The molecule has 1 aliphatic rings. The normalized spacial score (nSPS) is 16.4. The number of nitrogens with two attached hydrogens (primary N) is 1. The first-order chi connectivity index (χ1) is 10.6. The lowest BCUT2D eigenvalue weighted by molar-refractivity contribution is 0.0934. The second-order valence-electron chi connectivity index (χ2n) is 5.54. The van der Waals surface area contributed by atoms with Crippen LogP contribution < -0.4 is 11.1 Å². The standard InChI is InChI=1S/C15H18BrN3O2S/c16-11-8-7-10(22-11)13-12(14(17)21-19-13)15(20)18-9-5-3-1-2-4-6-9/h7-9H,1-6,17H2,(H,18,20). The monoisotopic (exact) mass is 383 g/mol. The number of nitrogens with one attached hydrogen (secondary N) is 1. The first kappa shape index (κ1) is 15.6. The van der Waals surface area contributed by atoms with E-state index in [4.69, 9.17) is 10.3 Å². The summed E-state index contributed by atoms with van der Waals surface area (Å²) in [4.78, 5) is 13.5. The van der Waals surface area contributed by atoms with Crippen molar-refractivity contribution in [2.24, 2.45) is 0 Å². The van der Waals surface area contributed by atoms with Crippen LogP contribution in [0.15, 0.2) is 20.4 Å². The Bertz CT molecular complexity index is 660. The minimum atomic E-state index is -0.190. The van der Waals surface area contributed by atoms with Crippen LogP contribution in [0.5, 0.6) is 0 Å². The van der Waals surface area contributed by atoms with Crippen LogP contribution in [0.2, 0.25) is 0 Å². The zero-order valence-electron chi connectivity index (χ0n) is 12.1. The highest BCUT2D eigenvalue weighted by molar-refractivity contribution is 9.11. The predicted octanol–water partition coefficient (Wildman–Crippen LogP) is 4.20. The Hall–Kier alpha value is -1.34. The lowest BCUT2D eigenvalue weighted by Gasteiger charge is -2.15. The second-order valence-corrected chi connectivity index (χ2v) is 8.00. The molecule has 0 radical (unpaired) electrons. The molecule has 0 bridgehead atoms. The first-order valence-corrected chi connectivity index (χ1v) is 9.08. The van der Waals surface area contributed by atoms with Crippen LogP contribution in [0.25, 0.3) is 10.6 Å². The maximum atomic E-state index is 12.6. The van der Waals surface area contributed by atoms with Gasteiger partial charge in [-0.05, 0) is 40.9 Å². The number of carbonyl (C=O) groups is 1. The van der Waals surface area contributed by atoms with Gasteiger partial charge in [0, 0.05) is 6.04 Å². The molecular formula is C15H18BrN3O2S. The molecule has 22 heavy (non-hydrogen) atoms. The minimum Gasteiger partial charge on any atom is -0.367 e. The van der Waals surface area contributed by atoms with Gasteiger partial charge in [0.15, 0.2) is 0 Å². The van der Waals surface area contributed by atoms with Crippen molar-refractivity contribution in [3.63, 3.8) is 0 Å². The van der Waals surface area contributed by atoms with Crippen molar-refractivity contribution >= 4 is 39.1 Å². The van der Waals surface area contributed by atoms with E-state index in [9.17, 15) is 4.79 Å². The van der Waals surface area contributed by atoms with Crippen LogP contribution in [-0.2, 0) is 0 Å². The number of rotatable bonds is 3. The molecular weight excluding hydrogens is 366 g/mol. The van der Waals surface area contributed by atoms with E-state index in [0.29, 0.717) is 11.3 Å². The van der Waals surface area contributed by atoms with Gasteiger partial charge >= 0.3 is 0 Å². The van der Waals surface area contributed by atoms with E-state index in [1.165, 1.54) is 24.2 Å². The van der Waals surface area contributed by atoms with Crippen LogP contribution in [0.1, 0.15) is 48.9 Å². The Morgan fingerprint density at radius 2 is 2.05 bits per heavy atom. The first-order valence-electron chi connectivity index (χ1n) is 7.47. The van der Waals surface area contributed by atoms with Gasteiger partial charge in [-0.25, -0.2) is 0 Å². The van der Waals surface area contributed by atoms with Gasteiger partial charge in [-0.2, -0.15) is 0 Å². The highest BCUT2D eigenvalue weighted by atomic mass is 79.9. The van der Waals surface area contributed by atoms with Crippen LogP contribution >= 0.6 is 27.3 Å². The lowest BCUT2D eigenvalue weighted by Crippen LogP contribution is -2.34. The van der Waals surface area contributed by atoms with E-state index in [1.54, 1.807) is 0 Å². The van der Waals surface area contributed by atoms with Crippen molar-refractivity contribution < 1.29 is 9.32 Å². The van der Waals surface area contributed by atoms with Gasteiger partial charge in [-0.1, -0.05) is 30.8 Å². The van der Waals surface area contributed by atoms with Crippen molar-refractivity contribution in [3.05, 3.63) is 21.5 Å². The largest absolute Gasteiger partial charge is 0.367 e. The molecule has 7 heteroatoms. The maximum absolute atomic E-state index is 12.6. The molecule has 2 aromatic heterocycles. The number of hydrogen-bond donors (Lipinski definition) is 2. The summed E-state index contributed by atoms with van der Waals surface area (Å²) >= 11 is 4.91. The number of aromatic nitrogens is 1. The molecule has 0 aromatic carbocycles. The molecule has 3 N–H and O–H groups in total. The second kappa shape index (κ2) is 6.83. The minimum absolute atomic E-state index is 0.0747. The van der Waals surface area contributed by atoms with Crippen LogP contribution in [-0.4, -0.2) is 17.1 Å². The van der Waals surface area contributed by atoms with Gasteiger partial charge in [0.05, 0.1) is 8.66 Å². The van der Waals surface area contributed by atoms with E-state index in [1.807, 2.05) is 12.1 Å². The highest BCUT2D eigenvalue weighted by Crippen LogP contribution is 2.34. The summed E-state index contributed by atoms with van der Waals surface area (Å²) in [5.41, 5.74) is 6.68. The van der Waals surface area contributed by atoms with Gasteiger partial charge in [-0.3, -0.25) is 4.79 Å². The quantitative estimate of drug-likeness (QED) is 0.778. The highest BCUT2D eigenvalue weighted by Gasteiger charge is 2.25. The van der Waals surface area contributed by atoms with Crippen LogP contribution in [0, 0.1) is 0 Å². The molecule has 1 saturated carbocycles. The molecule has 0 spiro atoms. The summed E-state index contributed by atoms with van der Waals surface area (Å²) in [5.74, 6) is -0.115. The predicted molar refractivity (Wildman–Crippen MR) is 90.9 cm³/mol. The third-order valence-electron chi connectivity index (χ3n) is 3.94. The molecule has 1 aliphatic carbocycles. The van der Waals surface area contributed by atoms with Crippen molar-refractivity contribution in [2.75, 3.05) is 5.73 Å². The van der Waals surface area contributed by atoms with Gasteiger partial charge < -0.3 is 15.6 Å². The topological polar surface area (TPSA) is 81.2 Å². The summed E-state index contributed by atoms with van der Waals surface area (Å²) in [6, 6.07) is 4.03. The summed E-state index contributed by atoms with van der Waals surface area (Å²) in [6.45, 7) is 0. The molecule has 2 aromatic rings. The van der Waals surface area contributed by atoms with E-state index in [-0.39, 0.29) is 17.8 Å². The molecule has 0 aliphatic heterocycles. The van der Waals surface area contributed by atoms with E-state index in [0.717, 1.165) is 34.3 Å². The van der Waals surface area contributed by atoms with Gasteiger partial charge in [0.2, 0.25) is 5.88 Å². The van der Waals surface area contributed by atoms with Crippen molar-refractivity contribution in [1.82, 2.24) is 10.5 Å². The molecule has 0 atom stereocenters. The number of carbonyl (C=O) groups excluding carboxylic acids is 1. The Morgan fingerprint density at radius 1 is 1.32 bits per heavy atom. The number of nitrogens with zero attached hydrogens (tertiary/aromatic N) is 1. The average molecular weight is 384 g/mol. The molecule has 0 saturated heterocycles. The van der Waals surface area contributed by atoms with Crippen molar-refractivity contribution in [2.45, 2.75) is 44.6 Å². The number of halogens is 1. The zero-order valence-corrected chi connectivity index (χ0v) is 14.5. The number of amides is 1. The molecule has 1 fully saturated rings. The van der Waals surface area contributed by atoms with E-state index < -0.39 is 0 Å². The third-order valence-corrected chi connectivity index (χ3v) is 5.57. The summed E-state index contributed by atoms with van der Waals surface area (Å²) in [6.07, 6.45) is 6.86. The molecule has 5 nitrogen and oxygen atoms in total. The van der Waals surface area contributed by atoms with Crippen LogP contribution in [0.3, 0.4) is 0 Å². The Balaban J connectivity index is 1.81. The fourth-order valence-corrected chi connectivity index (χ4v) is 4.19. The van der Waals surface area contributed by atoms with Gasteiger partial charge in [0.1, 0.15) is 11.3 Å². The number of thiophene rings is 1. The zero-order chi connectivity index (χ0) is 15.5. The van der Waals surface area contributed by atoms with E-state index in [2.05, 4.69) is 26.4 Å². The molecule has 1 amide bonds. The van der Waals surface area contributed by atoms with Crippen LogP contribution in [0.4, 0.5) is 5.88 Å². The van der Waals surface area contributed by atoms with E-state index >= 15 is 0 Å². The molecule has 0 unspecified atom stereocenters. The number of hydrogen-bond acceptors (Lipinski definition) is 5. The fraction of sp³-hybridized carbons (Fsp3) is 0.467.